The molecule has 0 spiro atoms. The Morgan fingerprint density at radius 3 is 2.63 bits per heavy atom. The van der Waals surface area contributed by atoms with E-state index in [4.69, 9.17) is 20.9 Å². The fourth-order valence-electron chi connectivity index (χ4n) is 3.86. The number of nitrogens with two attached hydrogens (primary N) is 2. The highest BCUT2D eigenvalue weighted by molar-refractivity contribution is 5.76. The van der Waals surface area contributed by atoms with Crippen molar-refractivity contribution < 1.29 is 29.6 Å². The predicted octanol–water partition coefficient (Wildman–Crippen LogP) is -2.91. The highest BCUT2D eigenvalue weighted by atomic mass is 16.7. The molecule has 0 aromatic carbocycles. The Kier molecular flexibility index (Phi) is 8.38. The fraction of sp³-hybridized carbons (Fsp3) is 0.941. The quantitative estimate of drug-likeness (QED) is 0.267. The molecule has 0 radical (unpaired) electrons. The van der Waals surface area contributed by atoms with Crippen LogP contribution in [0.4, 0.5) is 0 Å². The third kappa shape index (κ3) is 5.36. The maximum atomic E-state index is 12.2. The summed E-state index contributed by atoms with van der Waals surface area (Å²) >= 11 is 0. The maximum Gasteiger partial charge on any atom is 0.224 e. The molecule has 1 aliphatic heterocycles. The van der Waals surface area contributed by atoms with Crippen molar-refractivity contribution in [1.82, 2.24) is 10.2 Å². The third-order valence-corrected chi connectivity index (χ3v) is 5.36. The molecule has 158 valence electrons. The minimum Gasteiger partial charge on any atom is -0.391 e. The summed E-state index contributed by atoms with van der Waals surface area (Å²) in [7, 11) is 3.32. The summed E-state index contributed by atoms with van der Waals surface area (Å²) in [4.78, 5) is 13.5. The summed E-state index contributed by atoms with van der Waals surface area (Å²) in [5.74, 6) is -0.280. The molecule has 8 atom stereocenters. The first-order valence-electron chi connectivity index (χ1n) is 9.51. The molecule has 0 unspecified atom stereocenters. The molecule has 10 heteroatoms. The number of nitrogens with one attached hydrogen (secondary N) is 1. The normalized spacial score (nSPS) is 40.0. The van der Waals surface area contributed by atoms with Crippen LogP contribution in [-0.2, 0) is 14.3 Å². The van der Waals surface area contributed by atoms with Crippen molar-refractivity contribution in [2.45, 2.75) is 74.6 Å². The second-order valence-corrected chi connectivity index (χ2v) is 7.42. The number of ether oxygens (including phenoxy) is 2. The van der Waals surface area contributed by atoms with Crippen molar-refractivity contribution in [1.29, 1.82) is 0 Å². The van der Waals surface area contributed by atoms with Gasteiger partial charge in [-0.3, -0.25) is 4.79 Å². The van der Waals surface area contributed by atoms with E-state index in [1.54, 1.807) is 0 Å². The van der Waals surface area contributed by atoms with Gasteiger partial charge in [0.1, 0.15) is 18.3 Å². The summed E-state index contributed by atoms with van der Waals surface area (Å²) in [6.45, 7) is 0.792. The molecule has 10 nitrogen and oxygen atoms in total. The number of hydrogen-bond acceptors (Lipinski definition) is 9. The molecule has 8 N–H and O–H groups in total. The molecule has 1 amide bonds. The topological polar surface area (TPSA) is 164 Å². The minimum atomic E-state index is -1.23. The number of aliphatic hydroxyl groups is 3. The Labute approximate surface area is 159 Å². The summed E-state index contributed by atoms with van der Waals surface area (Å²) < 4.78 is 11.7. The molecule has 1 saturated heterocycles. The van der Waals surface area contributed by atoms with Crippen molar-refractivity contribution in [3.8, 4) is 0 Å². The largest absolute Gasteiger partial charge is 0.391 e. The first-order chi connectivity index (χ1) is 12.8. The number of amides is 1. The second-order valence-electron chi connectivity index (χ2n) is 7.42. The van der Waals surface area contributed by atoms with Gasteiger partial charge in [0.25, 0.3) is 0 Å². The van der Waals surface area contributed by atoms with E-state index in [0.717, 1.165) is 0 Å². The molecule has 0 aromatic rings. The third-order valence-electron chi connectivity index (χ3n) is 5.36. The molecule has 1 aliphatic carbocycles. The number of rotatable bonds is 7. The van der Waals surface area contributed by atoms with Gasteiger partial charge < -0.3 is 46.5 Å². The van der Waals surface area contributed by atoms with E-state index in [0.29, 0.717) is 19.4 Å². The Bertz CT molecular complexity index is 484. The zero-order valence-electron chi connectivity index (χ0n) is 16.0. The lowest BCUT2D eigenvalue weighted by Gasteiger charge is -2.47. The lowest BCUT2D eigenvalue weighted by atomic mass is 9.83. The van der Waals surface area contributed by atoms with Gasteiger partial charge in [0, 0.05) is 32.6 Å². The highest BCUT2D eigenvalue weighted by Gasteiger charge is 2.47. The van der Waals surface area contributed by atoms with Gasteiger partial charge >= 0.3 is 0 Å². The average molecular weight is 390 g/mol. The molecule has 1 heterocycles. The van der Waals surface area contributed by atoms with Gasteiger partial charge in [-0.1, -0.05) is 0 Å². The van der Waals surface area contributed by atoms with Gasteiger partial charge in [-0.15, -0.1) is 0 Å². The van der Waals surface area contributed by atoms with E-state index in [2.05, 4.69) is 5.32 Å². The van der Waals surface area contributed by atoms with Crippen LogP contribution in [0.5, 0.6) is 0 Å². The summed E-state index contributed by atoms with van der Waals surface area (Å²) in [5.41, 5.74) is 11.5. The van der Waals surface area contributed by atoms with Gasteiger partial charge in [0.2, 0.25) is 5.91 Å². The van der Waals surface area contributed by atoms with Crippen LogP contribution in [-0.4, -0.2) is 102 Å². The minimum absolute atomic E-state index is 0.111. The number of nitrogens with zero attached hydrogens (tertiary/aromatic N) is 1. The molecule has 27 heavy (non-hydrogen) atoms. The van der Waals surface area contributed by atoms with Crippen LogP contribution in [0.1, 0.15) is 25.7 Å². The number of aliphatic hydroxyl groups excluding tert-OH is 3. The Morgan fingerprint density at radius 2 is 2.00 bits per heavy atom. The Balaban J connectivity index is 2.09. The van der Waals surface area contributed by atoms with Crippen molar-refractivity contribution in [3.63, 3.8) is 0 Å². The summed E-state index contributed by atoms with van der Waals surface area (Å²) in [6, 6.07) is -1.53. The van der Waals surface area contributed by atoms with Crippen LogP contribution in [0.15, 0.2) is 0 Å². The number of hydrogen-bond donors (Lipinski definition) is 6. The zero-order chi connectivity index (χ0) is 20.1. The Hall–Kier alpha value is -0.850. The maximum absolute atomic E-state index is 12.2. The van der Waals surface area contributed by atoms with Crippen molar-refractivity contribution in [2.75, 3.05) is 27.2 Å². The fourth-order valence-corrected chi connectivity index (χ4v) is 3.86. The highest BCUT2D eigenvalue weighted by Crippen LogP contribution is 2.29. The van der Waals surface area contributed by atoms with Gasteiger partial charge in [-0.05, 0) is 26.3 Å². The lowest BCUT2D eigenvalue weighted by Crippen LogP contribution is -2.66. The molecule has 0 aromatic heterocycles. The predicted molar refractivity (Wildman–Crippen MR) is 97.5 cm³/mol. The SMILES string of the molecule is CNC[C@@H]1CC[C@@H](O)[C@@H](O[C@H]2[C@H](O)[C@H](N(C)C(=O)CCN)[C@@H](O)C[C@H]2N)O1. The van der Waals surface area contributed by atoms with E-state index in [1.165, 1.54) is 11.9 Å². The first-order valence-corrected chi connectivity index (χ1v) is 9.51. The smallest absolute Gasteiger partial charge is 0.224 e. The van der Waals surface area contributed by atoms with Crippen LogP contribution >= 0.6 is 0 Å². The average Bonchev–Trinajstić information content (AvgIpc) is 2.61. The number of carbonyl (C=O) groups is 1. The zero-order valence-corrected chi connectivity index (χ0v) is 16.0. The van der Waals surface area contributed by atoms with Crippen LogP contribution < -0.4 is 16.8 Å². The van der Waals surface area contributed by atoms with E-state index < -0.39 is 42.8 Å². The molecular formula is C17H34N4O6. The van der Waals surface area contributed by atoms with Crippen molar-refractivity contribution >= 4 is 5.91 Å². The van der Waals surface area contributed by atoms with Gasteiger partial charge in [0.15, 0.2) is 6.29 Å². The molecule has 2 rings (SSSR count). The second kappa shape index (κ2) is 10.1. The van der Waals surface area contributed by atoms with Crippen LogP contribution in [0.3, 0.4) is 0 Å². The molecular weight excluding hydrogens is 356 g/mol. The van der Waals surface area contributed by atoms with E-state index >= 15 is 0 Å². The lowest BCUT2D eigenvalue weighted by molar-refractivity contribution is -0.279. The van der Waals surface area contributed by atoms with Crippen molar-refractivity contribution in [3.05, 3.63) is 0 Å². The van der Waals surface area contributed by atoms with E-state index in [1.807, 2.05) is 7.05 Å². The molecule has 2 fully saturated rings. The van der Waals surface area contributed by atoms with Gasteiger partial charge in [-0.2, -0.15) is 0 Å². The standard InChI is InChI=1S/C17H34N4O6/c1-20-8-9-3-4-11(22)17(26-9)27-16-10(19)7-12(23)14(15(16)25)21(2)13(24)5-6-18/h9-12,14-17,20,22-23,25H,3-8,18-19H2,1-2H3/t9-,10+,11+,12-,14+,15+,16+,17+/m0/s1. The van der Waals surface area contributed by atoms with E-state index in [-0.39, 0.29) is 31.4 Å². The molecule has 2 aliphatic rings. The first kappa shape index (κ1) is 22.4. The van der Waals surface area contributed by atoms with E-state index in [9.17, 15) is 20.1 Å². The van der Waals surface area contributed by atoms with Gasteiger partial charge in [-0.25, -0.2) is 0 Å². The van der Waals surface area contributed by atoms with Crippen LogP contribution in [0, 0.1) is 0 Å². The molecule has 1 saturated carbocycles. The summed E-state index contributed by atoms with van der Waals surface area (Å²) in [6.07, 6.45) is -3.52. The van der Waals surface area contributed by atoms with Crippen LogP contribution in [0.25, 0.3) is 0 Å². The van der Waals surface area contributed by atoms with Gasteiger partial charge in [0.05, 0.1) is 18.2 Å². The Morgan fingerprint density at radius 1 is 1.30 bits per heavy atom. The van der Waals surface area contributed by atoms with Crippen LogP contribution in [0.2, 0.25) is 0 Å². The number of likely N-dealkylation sites (N-methyl/N-ethyl adjacent to an activating group) is 2. The molecule has 0 bridgehead atoms. The summed E-state index contributed by atoms with van der Waals surface area (Å²) in [5, 5.41) is 34.4. The van der Waals surface area contributed by atoms with Crippen molar-refractivity contribution in [2.24, 2.45) is 11.5 Å². The monoisotopic (exact) mass is 390 g/mol. The number of carbonyl (C=O) groups excluding carboxylic acids is 1.